The minimum atomic E-state index is 0.449. The first-order valence-electron chi connectivity index (χ1n) is 6.01. The number of hydrogen-bond acceptors (Lipinski definition) is 2. The second kappa shape index (κ2) is 6.60. The Balaban J connectivity index is 1.70. The third-order valence-electron chi connectivity index (χ3n) is 2.92. The Hall–Kier alpha value is -0.280. The standard InChI is InChI=1S/C13H17Cl2NO/c14-11-6-10(7-12(15)8-11)9-16-4-3-13-2-1-5-17-13/h6-8,13,16H,1-5,9H2. The molecule has 1 atom stereocenters. The average molecular weight is 274 g/mol. The van der Waals surface area contributed by atoms with Crippen molar-refractivity contribution in [3.63, 3.8) is 0 Å². The lowest BCUT2D eigenvalue weighted by molar-refractivity contribution is 0.104. The molecule has 1 N–H and O–H groups in total. The van der Waals surface area contributed by atoms with Gasteiger partial charge in [-0.3, -0.25) is 0 Å². The molecule has 1 heterocycles. The fourth-order valence-corrected chi connectivity index (χ4v) is 2.65. The topological polar surface area (TPSA) is 21.3 Å². The second-order valence-electron chi connectivity index (χ2n) is 4.38. The van der Waals surface area contributed by atoms with Crippen LogP contribution < -0.4 is 5.32 Å². The maximum absolute atomic E-state index is 5.93. The Morgan fingerprint density at radius 1 is 1.24 bits per heavy atom. The largest absolute Gasteiger partial charge is 0.378 e. The quantitative estimate of drug-likeness (QED) is 0.827. The number of halogens is 2. The van der Waals surface area contributed by atoms with E-state index < -0.39 is 0 Å². The fraction of sp³-hybridized carbons (Fsp3) is 0.538. The molecule has 0 aliphatic carbocycles. The van der Waals surface area contributed by atoms with Crippen molar-refractivity contribution >= 4 is 23.2 Å². The maximum Gasteiger partial charge on any atom is 0.0588 e. The Kier molecular flexibility index (Phi) is 5.11. The van der Waals surface area contributed by atoms with Gasteiger partial charge in [0, 0.05) is 23.2 Å². The van der Waals surface area contributed by atoms with Crippen LogP contribution in [-0.4, -0.2) is 19.3 Å². The summed E-state index contributed by atoms with van der Waals surface area (Å²) in [4.78, 5) is 0. The molecular formula is C13H17Cl2NO. The Bertz CT molecular complexity index is 344. The molecular weight excluding hydrogens is 257 g/mol. The summed E-state index contributed by atoms with van der Waals surface area (Å²) in [6.45, 7) is 2.69. The minimum Gasteiger partial charge on any atom is -0.378 e. The molecule has 17 heavy (non-hydrogen) atoms. The van der Waals surface area contributed by atoms with Crippen molar-refractivity contribution in [2.75, 3.05) is 13.2 Å². The predicted octanol–water partition coefficient (Wildman–Crippen LogP) is 3.65. The third kappa shape index (κ3) is 4.47. The van der Waals surface area contributed by atoms with Crippen LogP contribution in [0.3, 0.4) is 0 Å². The van der Waals surface area contributed by atoms with Crippen LogP contribution in [0.15, 0.2) is 18.2 Å². The molecule has 94 valence electrons. The summed E-state index contributed by atoms with van der Waals surface area (Å²) in [7, 11) is 0. The van der Waals surface area contributed by atoms with Crippen LogP contribution in [-0.2, 0) is 11.3 Å². The smallest absolute Gasteiger partial charge is 0.0588 e. The molecule has 0 spiro atoms. The van der Waals surface area contributed by atoms with E-state index in [0.717, 1.165) is 31.7 Å². The van der Waals surface area contributed by atoms with E-state index in [9.17, 15) is 0 Å². The van der Waals surface area contributed by atoms with Crippen molar-refractivity contribution in [1.82, 2.24) is 5.32 Å². The van der Waals surface area contributed by atoms with Crippen molar-refractivity contribution in [2.24, 2.45) is 0 Å². The molecule has 0 bridgehead atoms. The van der Waals surface area contributed by atoms with Gasteiger partial charge >= 0.3 is 0 Å². The number of ether oxygens (including phenoxy) is 1. The summed E-state index contributed by atoms with van der Waals surface area (Å²) in [6, 6.07) is 5.62. The number of nitrogens with one attached hydrogen (secondary N) is 1. The van der Waals surface area contributed by atoms with Crippen LogP contribution in [0.5, 0.6) is 0 Å². The molecule has 1 saturated heterocycles. The van der Waals surface area contributed by atoms with Crippen LogP contribution in [0.4, 0.5) is 0 Å². The van der Waals surface area contributed by atoms with E-state index in [1.807, 2.05) is 12.1 Å². The molecule has 4 heteroatoms. The van der Waals surface area contributed by atoms with Crippen LogP contribution >= 0.6 is 23.2 Å². The third-order valence-corrected chi connectivity index (χ3v) is 3.35. The molecule has 1 aliphatic heterocycles. The van der Waals surface area contributed by atoms with Gasteiger partial charge in [-0.05, 0) is 49.6 Å². The number of rotatable bonds is 5. The summed E-state index contributed by atoms with van der Waals surface area (Å²) in [5.41, 5.74) is 1.12. The number of hydrogen-bond donors (Lipinski definition) is 1. The van der Waals surface area contributed by atoms with Gasteiger partial charge in [0.05, 0.1) is 6.10 Å². The lowest BCUT2D eigenvalue weighted by Gasteiger charge is -2.10. The van der Waals surface area contributed by atoms with Gasteiger partial charge in [0.25, 0.3) is 0 Å². The van der Waals surface area contributed by atoms with Crippen LogP contribution in [0.25, 0.3) is 0 Å². The first-order valence-corrected chi connectivity index (χ1v) is 6.77. The second-order valence-corrected chi connectivity index (χ2v) is 5.25. The van der Waals surface area contributed by atoms with Crippen molar-refractivity contribution < 1.29 is 4.74 Å². The summed E-state index contributed by atoms with van der Waals surface area (Å²) >= 11 is 11.9. The maximum atomic E-state index is 5.93. The average Bonchev–Trinajstić information content (AvgIpc) is 2.76. The highest BCUT2D eigenvalue weighted by Gasteiger charge is 2.14. The zero-order valence-corrected chi connectivity index (χ0v) is 11.2. The van der Waals surface area contributed by atoms with E-state index in [1.54, 1.807) is 6.07 Å². The fourth-order valence-electron chi connectivity index (χ4n) is 2.08. The molecule has 1 unspecified atom stereocenters. The summed E-state index contributed by atoms with van der Waals surface area (Å²) in [5.74, 6) is 0. The lowest BCUT2D eigenvalue weighted by atomic mass is 10.2. The van der Waals surface area contributed by atoms with Gasteiger partial charge in [-0.25, -0.2) is 0 Å². The van der Waals surface area contributed by atoms with Crippen LogP contribution in [0.1, 0.15) is 24.8 Å². The monoisotopic (exact) mass is 273 g/mol. The van der Waals surface area contributed by atoms with Crippen LogP contribution in [0, 0.1) is 0 Å². The van der Waals surface area contributed by atoms with Crippen molar-refractivity contribution in [2.45, 2.75) is 31.9 Å². The zero-order chi connectivity index (χ0) is 12.1. The molecule has 2 rings (SSSR count). The van der Waals surface area contributed by atoms with Crippen molar-refractivity contribution in [3.8, 4) is 0 Å². The van der Waals surface area contributed by atoms with Gasteiger partial charge in [0.1, 0.15) is 0 Å². The molecule has 0 radical (unpaired) electrons. The van der Waals surface area contributed by atoms with E-state index >= 15 is 0 Å². The summed E-state index contributed by atoms with van der Waals surface area (Å²) < 4.78 is 5.56. The van der Waals surface area contributed by atoms with Gasteiger partial charge in [-0.1, -0.05) is 23.2 Å². The molecule has 0 aromatic heterocycles. The van der Waals surface area contributed by atoms with Gasteiger partial charge in [-0.2, -0.15) is 0 Å². The van der Waals surface area contributed by atoms with E-state index in [0.29, 0.717) is 16.1 Å². The highest BCUT2D eigenvalue weighted by atomic mass is 35.5. The zero-order valence-electron chi connectivity index (χ0n) is 9.72. The Labute approximate surface area is 112 Å². The molecule has 0 saturated carbocycles. The summed E-state index contributed by atoms with van der Waals surface area (Å²) in [6.07, 6.45) is 3.93. The van der Waals surface area contributed by atoms with Gasteiger partial charge in [-0.15, -0.1) is 0 Å². The van der Waals surface area contributed by atoms with E-state index in [1.165, 1.54) is 12.8 Å². The van der Waals surface area contributed by atoms with Gasteiger partial charge in [0.2, 0.25) is 0 Å². The molecule has 1 aromatic rings. The van der Waals surface area contributed by atoms with E-state index in [-0.39, 0.29) is 0 Å². The highest BCUT2D eigenvalue weighted by Crippen LogP contribution is 2.19. The summed E-state index contributed by atoms with van der Waals surface area (Å²) in [5, 5.41) is 4.76. The predicted molar refractivity (Wildman–Crippen MR) is 71.8 cm³/mol. The molecule has 0 amide bonds. The van der Waals surface area contributed by atoms with Crippen molar-refractivity contribution in [1.29, 1.82) is 0 Å². The van der Waals surface area contributed by atoms with Gasteiger partial charge < -0.3 is 10.1 Å². The van der Waals surface area contributed by atoms with Crippen LogP contribution in [0.2, 0.25) is 10.0 Å². The Morgan fingerprint density at radius 3 is 2.65 bits per heavy atom. The molecule has 1 aromatic carbocycles. The van der Waals surface area contributed by atoms with Gasteiger partial charge in [0.15, 0.2) is 0 Å². The normalized spacial score (nSPS) is 19.8. The van der Waals surface area contributed by atoms with E-state index in [2.05, 4.69) is 5.32 Å². The highest BCUT2D eigenvalue weighted by molar-refractivity contribution is 6.34. The minimum absolute atomic E-state index is 0.449. The first-order chi connectivity index (χ1) is 8.24. The first kappa shape index (κ1) is 13.2. The molecule has 1 aliphatic rings. The number of benzene rings is 1. The Morgan fingerprint density at radius 2 is 2.00 bits per heavy atom. The van der Waals surface area contributed by atoms with E-state index in [4.69, 9.17) is 27.9 Å². The SMILES string of the molecule is Clc1cc(Cl)cc(CNCCC2CCCO2)c1. The van der Waals surface area contributed by atoms with Crippen molar-refractivity contribution in [3.05, 3.63) is 33.8 Å². The lowest BCUT2D eigenvalue weighted by Crippen LogP contribution is -2.19. The molecule has 1 fully saturated rings. The molecule has 2 nitrogen and oxygen atoms in total.